The van der Waals surface area contributed by atoms with Crippen LogP contribution in [0.5, 0.6) is 5.75 Å². The Morgan fingerprint density at radius 1 is 1.35 bits per heavy atom. The molecule has 0 radical (unpaired) electrons. The highest BCUT2D eigenvalue weighted by atomic mass is 19.1. The molecule has 2 atom stereocenters. The molecule has 0 heterocycles. The lowest BCUT2D eigenvalue weighted by molar-refractivity contribution is -0.127. The third-order valence-electron chi connectivity index (χ3n) is 2.63. The summed E-state index contributed by atoms with van der Waals surface area (Å²) < 4.78 is 32.7. The molecule has 0 aliphatic carbocycles. The summed E-state index contributed by atoms with van der Waals surface area (Å²) in [5, 5.41) is 2.52. The number of rotatable bonds is 6. The molecule has 112 valence electrons. The zero-order valence-corrected chi connectivity index (χ0v) is 11.9. The summed E-state index contributed by atoms with van der Waals surface area (Å²) in [5.41, 5.74) is 6.04. The summed E-state index contributed by atoms with van der Waals surface area (Å²) >= 11 is 0. The maximum Gasteiger partial charge on any atom is 0.260 e. The molecule has 0 aromatic heterocycles. The fourth-order valence-electron chi connectivity index (χ4n) is 1.76. The molecule has 1 rings (SSSR count). The van der Waals surface area contributed by atoms with Crippen molar-refractivity contribution in [2.24, 2.45) is 5.73 Å². The lowest BCUT2D eigenvalue weighted by Crippen LogP contribution is -2.36. The molecule has 4 nitrogen and oxygen atoms in total. The standard InChI is InChI=1S/C14H20F2N2O2/c1-4-18-14(19)9(3)20-13-11(15)6-10(5-8(2)17)7-12(13)16/h6-9H,4-5,17H2,1-3H3,(H,18,19). The summed E-state index contributed by atoms with van der Waals surface area (Å²) in [7, 11) is 0. The van der Waals surface area contributed by atoms with Crippen molar-refractivity contribution in [3.05, 3.63) is 29.3 Å². The third kappa shape index (κ3) is 4.45. The Balaban J connectivity index is 2.88. The predicted molar refractivity (Wildman–Crippen MR) is 72.5 cm³/mol. The fourth-order valence-corrected chi connectivity index (χ4v) is 1.76. The maximum atomic E-state index is 13.8. The number of hydrogen-bond acceptors (Lipinski definition) is 3. The predicted octanol–water partition coefficient (Wildman–Crippen LogP) is 1.76. The first-order valence-corrected chi connectivity index (χ1v) is 6.53. The average Bonchev–Trinajstić information content (AvgIpc) is 2.33. The smallest absolute Gasteiger partial charge is 0.260 e. The molecule has 20 heavy (non-hydrogen) atoms. The van der Waals surface area contributed by atoms with Crippen LogP contribution in [0.3, 0.4) is 0 Å². The van der Waals surface area contributed by atoms with Gasteiger partial charge in [0.15, 0.2) is 23.5 Å². The Morgan fingerprint density at radius 2 is 1.90 bits per heavy atom. The minimum absolute atomic E-state index is 0.199. The van der Waals surface area contributed by atoms with Gasteiger partial charge < -0.3 is 15.8 Å². The quantitative estimate of drug-likeness (QED) is 0.837. The van der Waals surface area contributed by atoms with Gasteiger partial charge in [0.05, 0.1) is 0 Å². The van der Waals surface area contributed by atoms with Gasteiger partial charge in [-0.3, -0.25) is 4.79 Å². The number of benzene rings is 1. The van der Waals surface area contributed by atoms with Gasteiger partial charge in [0.2, 0.25) is 0 Å². The molecule has 1 aromatic carbocycles. The van der Waals surface area contributed by atoms with Crippen LogP contribution in [0, 0.1) is 11.6 Å². The van der Waals surface area contributed by atoms with E-state index in [1.807, 2.05) is 0 Å². The molecule has 0 aliphatic rings. The highest BCUT2D eigenvalue weighted by molar-refractivity contribution is 5.80. The van der Waals surface area contributed by atoms with E-state index in [9.17, 15) is 13.6 Å². The molecule has 1 amide bonds. The normalized spacial score (nSPS) is 13.7. The second-order valence-electron chi connectivity index (χ2n) is 4.72. The number of halogens is 2. The fraction of sp³-hybridized carbons (Fsp3) is 0.500. The van der Waals surface area contributed by atoms with Crippen molar-refractivity contribution < 1.29 is 18.3 Å². The maximum absolute atomic E-state index is 13.8. The molecule has 0 bridgehead atoms. The van der Waals surface area contributed by atoms with Gasteiger partial charge in [-0.05, 0) is 44.9 Å². The zero-order valence-electron chi connectivity index (χ0n) is 11.9. The molecule has 0 fully saturated rings. The van der Waals surface area contributed by atoms with Crippen LogP contribution in [0.2, 0.25) is 0 Å². The van der Waals surface area contributed by atoms with Crippen molar-refractivity contribution >= 4 is 5.91 Å². The van der Waals surface area contributed by atoms with Gasteiger partial charge >= 0.3 is 0 Å². The van der Waals surface area contributed by atoms with Crippen LogP contribution in [0.15, 0.2) is 12.1 Å². The first kappa shape index (κ1) is 16.4. The Kier molecular flexibility index (Phi) is 5.88. The molecule has 6 heteroatoms. The Bertz CT molecular complexity index is 455. The van der Waals surface area contributed by atoms with E-state index in [0.29, 0.717) is 18.5 Å². The van der Waals surface area contributed by atoms with Crippen molar-refractivity contribution in [1.82, 2.24) is 5.32 Å². The molecule has 0 saturated heterocycles. The van der Waals surface area contributed by atoms with E-state index in [2.05, 4.69) is 5.32 Å². The Morgan fingerprint density at radius 3 is 2.35 bits per heavy atom. The minimum Gasteiger partial charge on any atom is -0.475 e. The Labute approximate surface area is 117 Å². The number of likely N-dealkylation sites (N-methyl/N-ethyl adjacent to an activating group) is 1. The molecular weight excluding hydrogens is 266 g/mol. The van der Waals surface area contributed by atoms with Crippen LogP contribution >= 0.6 is 0 Å². The molecule has 3 N–H and O–H groups in total. The van der Waals surface area contributed by atoms with Crippen LogP contribution in [-0.4, -0.2) is 24.6 Å². The van der Waals surface area contributed by atoms with Gasteiger partial charge in [-0.1, -0.05) is 0 Å². The summed E-state index contributed by atoms with van der Waals surface area (Å²) in [4.78, 5) is 11.5. The second-order valence-corrected chi connectivity index (χ2v) is 4.72. The zero-order chi connectivity index (χ0) is 15.3. The molecule has 2 unspecified atom stereocenters. The average molecular weight is 286 g/mol. The van der Waals surface area contributed by atoms with Crippen molar-refractivity contribution in [3.8, 4) is 5.75 Å². The lowest BCUT2D eigenvalue weighted by atomic mass is 10.1. The van der Waals surface area contributed by atoms with Gasteiger partial charge in [-0.15, -0.1) is 0 Å². The number of carbonyl (C=O) groups is 1. The monoisotopic (exact) mass is 286 g/mol. The first-order valence-electron chi connectivity index (χ1n) is 6.53. The third-order valence-corrected chi connectivity index (χ3v) is 2.63. The van der Waals surface area contributed by atoms with Crippen molar-refractivity contribution in [2.75, 3.05) is 6.54 Å². The largest absolute Gasteiger partial charge is 0.475 e. The van der Waals surface area contributed by atoms with Crippen LogP contribution < -0.4 is 15.8 Å². The number of amides is 1. The van der Waals surface area contributed by atoms with E-state index in [1.165, 1.54) is 19.1 Å². The van der Waals surface area contributed by atoms with Gasteiger partial charge in [-0.2, -0.15) is 0 Å². The van der Waals surface area contributed by atoms with Crippen LogP contribution in [0.25, 0.3) is 0 Å². The van der Waals surface area contributed by atoms with E-state index in [0.717, 1.165) is 0 Å². The number of ether oxygens (including phenoxy) is 1. The molecular formula is C14H20F2N2O2. The van der Waals surface area contributed by atoms with Gasteiger partial charge in [0, 0.05) is 12.6 Å². The molecule has 0 saturated carbocycles. The lowest BCUT2D eigenvalue weighted by Gasteiger charge is -2.16. The SMILES string of the molecule is CCNC(=O)C(C)Oc1c(F)cc(CC(C)N)cc1F. The molecule has 0 aliphatic heterocycles. The highest BCUT2D eigenvalue weighted by Crippen LogP contribution is 2.25. The van der Waals surface area contributed by atoms with Gasteiger partial charge in [0.25, 0.3) is 5.91 Å². The summed E-state index contributed by atoms with van der Waals surface area (Å²) in [5.74, 6) is -2.64. The number of nitrogens with two attached hydrogens (primary N) is 1. The number of carbonyl (C=O) groups excluding carboxylic acids is 1. The number of hydrogen-bond donors (Lipinski definition) is 2. The Hall–Kier alpha value is -1.69. The number of nitrogens with one attached hydrogen (secondary N) is 1. The topological polar surface area (TPSA) is 64.3 Å². The first-order chi connectivity index (χ1) is 9.35. The molecule has 0 spiro atoms. The van der Waals surface area contributed by atoms with Gasteiger partial charge in [0.1, 0.15) is 0 Å². The van der Waals surface area contributed by atoms with Crippen molar-refractivity contribution in [2.45, 2.75) is 39.3 Å². The summed E-state index contributed by atoms with van der Waals surface area (Å²) in [6.45, 7) is 5.34. The van der Waals surface area contributed by atoms with E-state index in [4.69, 9.17) is 10.5 Å². The van der Waals surface area contributed by atoms with Gasteiger partial charge in [-0.25, -0.2) is 8.78 Å². The van der Waals surface area contributed by atoms with Crippen LogP contribution in [0.1, 0.15) is 26.3 Å². The summed E-state index contributed by atoms with van der Waals surface area (Å²) in [6, 6.07) is 2.15. The van der Waals surface area contributed by atoms with E-state index in [1.54, 1.807) is 13.8 Å². The summed E-state index contributed by atoms with van der Waals surface area (Å²) in [6.07, 6.45) is -0.613. The highest BCUT2D eigenvalue weighted by Gasteiger charge is 2.20. The minimum atomic E-state index is -0.974. The van der Waals surface area contributed by atoms with E-state index < -0.39 is 29.4 Å². The molecule has 1 aromatic rings. The van der Waals surface area contributed by atoms with Crippen molar-refractivity contribution in [3.63, 3.8) is 0 Å². The second kappa shape index (κ2) is 7.19. The van der Waals surface area contributed by atoms with E-state index in [-0.39, 0.29) is 6.04 Å². The van der Waals surface area contributed by atoms with E-state index >= 15 is 0 Å². The van der Waals surface area contributed by atoms with Crippen LogP contribution in [0.4, 0.5) is 8.78 Å². The van der Waals surface area contributed by atoms with Crippen molar-refractivity contribution in [1.29, 1.82) is 0 Å². The van der Waals surface area contributed by atoms with Crippen LogP contribution in [-0.2, 0) is 11.2 Å².